The number of rotatable bonds is 2. The highest BCUT2D eigenvalue weighted by molar-refractivity contribution is 5.10. The molecule has 0 aromatic heterocycles. The van der Waals surface area contributed by atoms with Crippen LogP contribution in [0, 0.1) is 40.4 Å². The van der Waals surface area contributed by atoms with E-state index in [0.717, 1.165) is 37.0 Å². The molecule has 4 aliphatic rings. The molecule has 3 N–H and O–H groups in total. The van der Waals surface area contributed by atoms with E-state index in [1.807, 2.05) is 0 Å². The lowest BCUT2D eigenvalue weighted by atomic mass is 9.44. The van der Waals surface area contributed by atoms with Crippen molar-refractivity contribution >= 4 is 0 Å². The van der Waals surface area contributed by atoms with Crippen molar-refractivity contribution in [2.45, 2.75) is 83.8 Å². The molecular weight excluding hydrogens is 300 g/mol. The fourth-order valence-electron chi connectivity index (χ4n) is 8.04. The van der Waals surface area contributed by atoms with E-state index in [1.165, 1.54) is 38.5 Å². The minimum absolute atomic E-state index is 0.0657. The van der Waals surface area contributed by atoms with Crippen molar-refractivity contribution in [2.75, 3.05) is 6.61 Å². The van der Waals surface area contributed by atoms with Crippen LogP contribution < -0.4 is 0 Å². The Labute approximate surface area is 146 Å². The van der Waals surface area contributed by atoms with Gasteiger partial charge in [-0.15, -0.1) is 0 Å². The van der Waals surface area contributed by atoms with Gasteiger partial charge < -0.3 is 15.3 Å². The smallest absolute Gasteiger partial charge is 0.0804 e. The predicted molar refractivity (Wildman–Crippen MR) is 94.3 cm³/mol. The standard InChI is InChI=1S/C21H36O3/c1-20-9-7-14(23)11-13(20)3-4-15-16-5-6-18(19(24)12-22)21(16,2)10-8-17(15)20/h13-19,22-24H,3-12H2,1-2H3/t13-,14-,15+,16+,17+,18-,19-,20-,21-/m0/s1. The minimum Gasteiger partial charge on any atom is -0.394 e. The molecule has 0 saturated heterocycles. The van der Waals surface area contributed by atoms with Crippen molar-refractivity contribution in [3.05, 3.63) is 0 Å². The molecule has 4 aliphatic carbocycles. The Hall–Kier alpha value is -0.120. The average molecular weight is 337 g/mol. The van der Waals surface area contributed by atoms with Crippen molar-refractivity contribution < 1.29 is 15.3 Å². The van der Waals surface area contributed by atoms with E-state index in [2.05, 4.69) is 13.8 Å². The quantitative estimate of drug-likeness (QED) is 0.724. The molecule has 3 nitrogen and oxygen atoms in total. The third-order valence-corrected chi connectivity index (χ3v) is 9.36. The summed E-state index contributed by atoms with van der Waals surface area (Å²) in [5, 5.41) is 29.9. The van der Waals surface area contributed by atoms with E-state index >= 15 is 0 Å². The molecule has 4 rings (SSSR count). The van der Waals surface area contributed by atoms with Crippen LogP contribution in [-0.2, 0) is 0 Å². The first kappa shape index (κ1) is 17.3. The van der Waals surface area contributed by atoms with E-state index in [9.17, 15) is 15.3 Å². The van der Waals surface area contributed by atoms with E-state index in [-0.39, 0.29) is 24.0 Å². The topological polar surface area (TPSA) is 60.7 Å². The number of aliphatic hydroxyl groups is 3. The Morgan fingerprint density at radius 3 is 2.38 bits per heavy atom. The van der Waals surface area contributed by atoms with Crippen LogP contribution in [0.5, 0.6) is 0 Å². The number of aliphatic hydroxyl groups excluding tert-OH is 3. The van der Waals surface area contributed by atoms with E-state index in [0.29, 0.717) is 11.3 Å². The molecule has 0 bridgehead atoms. The molecule has 4 saturated carbocycles. The maximum atomic E-state index is 10.3. The van der Waals surface area contributed by atoms with Crippen molar-refractivity contribution in [2.24, 2.45) is 40.4 Å². The summed E-state index contributed by atoms with van der Waals surface area (Å²) in [4.78, 5) is 0. The monoisotopic (exact) mass is 336 g/mol. The molecule has 0 aliphatic heterocycles. The van der Waals surface area contributed by atoms with E-state index < -0.39 is 6.10 Å². The predicted octanol–water partition coefficient (Wildman–Crippen LogP) is 3.36. The Bertz CT molecular complexity index is 480. The SMILES string of the molecule is C[C@]12CC[C@H](O)C[C@@H]1CC[C@H]1[C@H]2CC[C@@]2(C)[C@@H]1CC[C@H]2[C@@H](O)CO. The second-order valence-corrected chi connectivity index (χ2v) is 10.1. The zero-order valence-corrected chi connectivity index (χ0v) is 15.5. The summed E-state index contributed by atoms with van der Waals surface area (Å²) in [6.07, 6.45) is 10.0. The minimum atomic E-state index is -0.534. The Kier molecular flexibility index (Phi) is 4.29. The van der Waals surface area contributed by atoms with Crippen LogP contribution in [0.3, 0.4) is 0 Å². The summed E-state index contributed by atoms with van der Waals surface area (Å²) in [6.45, 7) is 4.85. The largest absolute Gasteiger partial charge is 0.394 e. The third kappa shape index (κ3) is 2.34. The van der Waals surface area contributed by atoms with Crippen LogP contribution in [0.1, 0.15) is 71.6 Å². The summed E-state index contributed by atoms with van der Waals surface area (Å²) in [7, 11) is 0. The molecule has 0 radical (unpaired) electrons. The van der Waals surface area contributed by atoms with E-state index in [1.54, 1.807) is 0 Å². The molecule has 0 unspecified atom stereocenters. The van der Waals surface area contributed by atoms with Gasteiger partial charge in [-0.3, -0.25) is 0 Å². The number of hydrogen-bond donors (Lipinski definition) is 3. The number of hydrogen-bond acceptors (Lipinski definition) is 3. The van der Waals surface area contributed by atoms with E-state index in [4.69, 9.17) is 0 Å². The Morgan fingerprint density at radius 2 is 1.62 bits per heavy atom. The number of fused-ring (bicyclic) bond motifs is 5. The van der Waals surface area contributed by atoms with Crippen molar-refractivity contribution in [1.29, 1.82) is 0 Å². The van der Waals surface area contributed by atoms with Crippen LogP contribution in [0.4, 0.5) is 0 Å². The highest BCUT2D eigenvalue weighted by atomic mass is 16.3. The van der Waals surface area contributed by atoms with Gasteiger partial charge >= 0.3 is 0 Å². The first-order valence-electron chi connectivity index (χ1n) is 10.4. The molecular formula is C21H36O3. The molecule has 0 aromatic carbocycles. The highest BCUT2D eigenvalue weighted by Crippen LogP contribution is 2.67. The zero-order valence-electron chi connectivity index (χ0n) is 15.5. The summed E-state index contributed by atoms with van der Waals surface area (Å²) in [6, 6.07) is 0. The third-order valence-electron chi connectivity index (χ3n) is 9.36. The molecule has 0 aromatic rings. The second-order valence-electron chi connectivity index (χ2n) is 10.1. The highest BCUT2D eigenvalue weighted by Gasteiger charge is 2.60. The Balaban J connectivity index is 1.59. The molecule has 24 heavy (non-hydrogen) atoms. The van der Waals surface area contributed by atoms with Gasteiger partial charge in [0.15, 0.2) is 0 Å². The lowest BCUT2D eigenvalue weighted by Crippen LogP contribution is -2.54. The van der Waals surface area contributed by atoms with Gasteiger partial charge in [-0.1, -0.05) is 13.8 Å². The van der Waals surface area contributed by atoms with Crippen molar-refractivity contribution in [1.82, 2.24) is 0 Å². The van der Waals surface area contributed by atoms with Gasteiger partial charge in [-0.2, -0.15) is 0 Å². The van der Waals surface area contributed by atoms with Gasteiger partial charge in [-0.05, 0) is 98.2 Å². The first-order chi connectivity index (χ1) is 11.4. The fraction of sp³-hybridized carbons (Fsp3) is 1.00. The Morgan fingerprint density at radius 1 is 0.917 bits per heavy atom. The zero-order chi connectivity index (χ0) is 17.1. The summed E-state index contributed by atoms with van der Waals surface area (Å²) >= 11 is 0. The van der Waals surface area contributed by atoms with Crippen LogP contribution >= 0.6 is 0 Å². The van der Waals surface area contributed by atoms with Gasteiger partial charge in [0.1, 0.15) is 0 Å². The van der Waals surface area contributed by atoms with Gasteiger partial charge in [0.05, 0.1) is 18.8 Å². The normalized spacial score (nSPS) is 55.4. The van der Waals surface area contributed by atoms with Gasteiger partial charge in [0.25, 0.3) is 0 Å². The molecule has 0 amide bonds. The molecule has 0 heterocycles. The average Bonchev–Trinajstić information content (AvgIpc) is 2.92. The maximum Gasteiger partial charge on any atom is 0.0804 e. The van der Waals surface area contributed by atoms with Crippen LogP contribution in [-0.4, -0.2) is 34.1 Å². The molecule has 0 spiro atoms. The lowest BCUT2D eigenvalue weighted by Gasteiger charge is -2.61. The van der Waals surface area contributed by atoms with Gasteiger partial charge in [0.2, 0.25) is 0 Å². The van der Waals surface area contributed by atoms with Crippen LogP contribution in [0.25, 0.3) is 0 Å². The van der Waals surface area contributed by atoms with Gasteiger partial charge in [0, 0.05) is 0 Å². The fourth-order valence-corrected chi connectivity index (χ4v) is 8.04. The molecule has 4 fully saturated rings. The first-order valence-corrected chi connectivity index (χ1v) is 10.4. The van der Waals surface area contributed by atoms with Crippen LogP contribution in [0.15, 0.2) is 0 Å². The van der Waals surface area contributed by atoms with Crippen LogP contribution in [0.2, 0.25) is 0 Å². The second kappa shape index (κ2) is 5.96. The lowest BCUT2D eigenvalue weighted by molar-refractivity contribution is -0.134. The van der Waals surface area contributed by atoms with Crippen molar-refractivity contribution in [3.8, 4) is 0 Å². The summed E-state index contributed by atoms with van der Waals surface area (Å²) in [5.74, 6) is 3.34. The van der Waals surface area contributed by atoms with Gasteiger partial charge in [-0.25, -0.2) is 0 Å². The summed E-state index contributed by atoms with van der Waals surface area (Å²) < 4.78 is 0. The van der Waals surface area contributed by atoms with Crippen molar-refractivity contribution in [3.63, 3.8) is 0 Å². The molecule has 3 heteroatoms. The summed E-state index contributed by atoms with van der Waals surface area (Å²) in [5.41, 5.74) is 0.651. The maximum absolute atomic E-state index is 10.3. The molecule has 138 valence electrons. The molecule has 9 atom stereocenters.